The summed E-state index contributed by atoms with van der Waals surface area (Å²) in [5.74, 6) is -0.190. The third kappa shape index (κ3) is 4.19. The van der Waals surface area contributed by atoms with Gasteiger partial charge >= 0.3 is 0 Å². The van der Waals surface area contributed by atoms with E-state index in [9.17, 15) is 14.9 Å². The summed E-state index contributed by atoms with van der Waals surface area (Å²) in [4.78, 5) is 26.4. The lowest BCUT2D eigenvalue weighted by Gasteiger charge is -2.05. The molecule has 144 valence electrons. The van der Waals surface area contributed by atoms with Crippen molar-refractivity contribution in [2.24, 2.45) is 0 Å². The molecule has 1 amide bonds. The van der Waals surface area contributed by atoms with Crippen molar-refractivity contribution in [1.29, 1.82) is 0 Å². The van der Waals surface area contributed by atoms with Gasteiger partial charge in [-0.25, -0.2) is 0 Å². The van der Waals surface area contributed by atoms with Crippen LogP contribution in [0.2, 0.25) is 0 Å². The van der Waals surface area contributed by atoms with Crippen molar-refractivity contribution in [1.82, 2.24) is 24.8 Å². The number of nitro groups is 1. The zero-order valence-electron chi connectivity index (χ0n) is 14.8. The summed E-state index contributed by atoms with van der Waals surface area (Å²) in [5, 5.41) is 26.5. The summed E-state index contributed by atoms with van der Waals surface area (Å²) < 4.78 is 1.58. The molecule has 4 rings (SSSR count). The lowest BCUT2D eigenvalue weighted by Crippen LogP contribution is -2.14. The Bertz CT molecular complexity index is 1180. The first kappa shape index (κ1) is 18.5. The Morgan fingerprint density at radius 2 is 1.83 bits per heavy atom. The van der Waals surface area contributed by atoms with Gasteiger partial charge in [0, 0.05) is 35.8 Å². The Balaban J connectivity index is 1.45. The number of rotatable bonds is 6. The molecule has 3 heterocycles. The number of thioether (sulfide) groups is 1. The summed E-state index contributed by atoms with van der Waals surface area (Å²) in [7, 11) is 0. The van der Waals surface area contributed by atoms with Gasteiger partial charge in [-0.05, 0) is 36.4 Å². The van der Waals surface area contributed by atoms with Crippen LogP contribution in [0.1, 0.15) is 0 Å². The number of carbonyl (C=O) groups is 1. The number of nitro benzene ring substituents is 1. The van der Waals surface area contributed by atoms with Gasteiger partial charge in [-0.3, -0.25) is 19.9 Å². The number of amides is 1. The van der Waals surface area contributed by atoms with Gasteiger partial charge in [-0.15, -0.1) is 10.2 Å². The van der Waals surface area contributed by atoms with E-state index in [1.807, 2.05) is 18.2 Å². The molecule has 11 heteroatoms. The Morgan fingerprint density at radius 3 is 2.55 bits per heavy atom. The first-order valence-corrected chi connectivity index (χ1v) is 9.39. The number of non-ortho nitro benzene ring substituents is 1. The number of benzene rings is 1. The van der Waals surface area contributed by atoms with Crippen LogP contribution in [0.25, 0.3) is 16.9 Å². The third-order valence-electron chi connectivity index (χ3n) is 3.90. The number of nitrogens with zero attached hydrogens (tertiary/aromatic N) is 6. The zero-order valence-corrected chi connectivity index (χ0v) is 15.6. The highest BCUT2D eigenvalue weighted by Gasteiger charge is 2.12. The number of fused-ring (bicyclic) bond motifs is 1. The van der Waals surface area contributed by atoms with E-state index in [0.29, 0.717) is 16.5 Å². The maximum atomic E-state index is 12.2. The molecule has 0 saturated heterocycles. The molecule has 29 heavy (non-hydrogen) atoms. The Morgan fingerprint density at radius 1 is 1.07 bits per heavy atom. The van der Waals surface area contributed by atoms with Gasteiger partial charge < -0.3 is 5.32 Å². The van der Waals surface area contributed by atoms with E-state index in [4.69, 9.17) is 0 Å². The molecule has 0 aliphatic heterocycles. The third-order valence-corrected chi connectivity index (χ3v) is 4.82. The highest BCUT2D eigenvalue weighted by atomic mass is 32.2. The van der Waals surface area contributed by atoms with Crippen molar-refractivity contribution in [3.63, 3.8) is 0 Å². The van der Waals surface area contributed by atoms with E-state index in [1.54, 1.807) is 23.0 Å². The standard InChI is InChI=1S/C18H13N7O3S/c26-17(20-13-1-3-14(4-2-13)25(27)28)11-29-18-22-21-16-6-5-15(23-24(16)18)12-7-9-19-10-8-12/h1-10H,11H2,(H,20,26). The second kappa shape index (κ2) is 8.02. The van der Waals surface area contributed by atoms with Gasteiger partial charge in [0.15, 0.2) is 5.65 Å². The predicted molar refractivity (Wildman–Crippen MR) is 106 cm³/mol. The van der Waals surface area contributed by atoms with Crippen molar-refractivity contribution >= 4 is 34.7 Å². The average molecular weight is 407 g/mol. The number of nitrogens with one attached hydrogen (secondary N) is 1. The van der Waals surface area contributed by atoms with Crippen LogP contribution < -0.4 is 5.32 Å². The van der Waals surface area contributed by atoms with Gasteiger partial charge in [0.05, 0.1) is 16.4 Å². The minimum Gasteiger partial charge on any atom is -0.325 e. The Labute approximate surface area is 168 Å². The fraction of sp³-hybridized carbons (Fsp3) is 0.0556. The molecule has 3 aromatic heterocycles. The molecule has 0 aliphatic carbocycles. The molecule has 4 aromatic rings. The summed E-state index contributed by atoms with van der Waals surface area (Å²) >= 11 is 1.19. The number of pyridine rings is 1. The molecule has 1 N–H and O–H groups in total. The summed E-state index contributed by atoms with van der Waals surface area (Å²) in [6, 6.07) is 13.0. The first-order valence-electron chi connectivity index (χ1n) is 8.40. The van der Waals surface area contributed by atoms with Crippen molar-refractivity contribution in [3.8, 4) is 11.3 Å². The van der Waals surface area contributed by atoms with Gasteiger partial charge in [0.25, 0.3) is 5.69 Å². The van der Waals surface area contributed by atoms with Crippen LogP contribution in [0.3, 0.4) is 0 Å². The fourth-order valence-electron chi connectivity index (χ4n) is 2.53. The topological polar surface area (TPSA) is 128 Å². The maximum absolute atomic E-state index is 12.2. The molecule has 0 unspecified atom stereocenters. The Kier molecular flexibility index (Phi) is 5.12. The van der Waals surface area contributed by atoms with E-state index in [1.165, 1.54) is 36.0 Å². The molecule has 0 atom stereocenters. The normalized spacial score (nSPS) is 10.8. The Hall–Kier alpha value is -3.86. The summed E-state index contributed by atoms with van der Waals surface area (Å²) in [6.45, 7) is 0. The molecule has 0 fully saturated rings. The number of hydrogen-bond donors (Lipinski definition) is 1. The molecule has 0 aliphatic rings. The number of anilines is 1. The smallest absolute Gasteiger partial charge is 0.269 e. The van der Waals surface area contributed by atoms with Crippen molar-refractivity contribution < 1.29 is 9.72 Å². The van der Waals surface area contributed by atoms with E-state index >= 15 is 0 Å². The lowest BCUT2D eigenvalue weighted by atomic mass is 10.2. The van der Waals surface area contributed by atoms with Crippen LogP contribution in [0.15, 0.2) is 66.1 Å². The average Bonchev–Trinajstić information content (AvgIpc) is 3.15. The van der Waals surface area contributed by atoms with Crippen molar-refractivity contribution in [2.75, 3.05) is 11.1 Å². The van der Waals surface area contributed by atoms with Gasteiger partial charge in [0.1, 0.15) is 0 Å². The second-order valence-electron chi connectivity index (χ2n) is 5.85. The number of hydrogen-bond acceptors (Lipinski definition) is 8. The van der Waals surface area contributed by atoms with Gasteiger partial charge in [-0.1, -0.05) is 11.8 Å². The molecule has 10 nitrogen and oxygen atoms in total. The monoisotopic (exact) mass is 407 g/mol. The highest BCUT2D eigenvalue weighted by Crippen LogP contribution is 2.21. The van der Waals surface area contributed by atoms with Gasteiger partial charge in [0.2, 0.25) is 11.1 Å². The second-order valence-corrected chi connectivity index (χ2v) is 6.79. The van der Waals surface area contributed by atoms with Crippen molar-refractivity contribution in [3.05, 3.63) is 71.0 Å². The van der Waals surface area contributed by atoms with Crippen LogP contribution in [0, 0.1) is 10.1 Å². The number of carbonyl (C=O) groups excluding carboxylic acids is 1. The molecule has 0 bridgehead atoms. The van der Waals surface area contributed by atoms with Crippen molar-refractivity contribution in [2.45, 2.75) is 5.16 Å². The molecule has 1 aromatic carbocycles. The summed E-state index contributed by atoms with van der Waals surface area (Å²) in [5.41, 5.74) is 2.65. The fourth-order valence-corrected chi connectivity index (χ4v) is 3.22. The first-order chi connectivity index (χ1) is 14.1. The quantitative estimate of drug-likeness (QED) is 0.293. The number of aromatic nitrogens is 5. The van der Waals surface area contributed by atoms with Crippen LogP contribution in [0.4, 0.5) is 11.4 Å². The van der Waals surface area contributed by atoms with Crippen LogP contribution in [-0.4, -0.2) is 41.4 Å². The SMILES string of the molecule is O=C(CSc1nnc2ccc(-c3ccncc3)nn12)Nc1ccc([N+](=O)[O-])cc1. The van der Waals surface area contributed by atoms with E-state index in [2.05, 4.69) is 25.6 Å². The molecule has 0 saturated carbocycles. The maximum Gasteiger partial charge on any atom is 0.269 e. The zero-order chi connectivity index (χ0) is 20.2. The molecule has 0 spiro atoms. The van der Waals surface area contributed by atoms with Crippen LogP contribution in [0.5, 0.6) is 0 Å². The molecular weight excluding hydrogens is 394 g/mol. The molecule has 0 radical (unpaired) electrons. The lowest BCUT2D eigenvalue weighted by molar-refractivity contribution is -0.384. The van der Waals surface area contributed by atoms with Gasteiger partial charge in [-0.2, -0.15) is 9.61 Å². The summed E-state index contributed by atoms with van der Waals surface area (Å²) in [6.07, 6.45) is 3.37. The van der Waals surface area contributed by atoms with Crippen LogP contribution in [-0.2, 0) is 4.79 Å². The van der Waals surface area contributed by atoms with E-state index in [-0.39, 0.29) is 17.3 Å². The highest BCUT2D eigenvalue weighted by molar-refractivity contribution is 7.99. The largest absolute Gasteiger partial charge is 0.325 e. The minimum absolute atomic E-state index is 0.0385. The molecular formula is C18H13N7O3S. The minimum atomic E-state index is -0.495. The van der Waals surface area contributed by atoms with E-state index < -0.39 is 4.92 Å². The predicted octanol–water partition coefficient (Wildman–Crippen LogP) is 2.83. The van der Waals surface area contributed by atoms with E-state index in [0.717, 1.165) is 11.3 Å². The van der Waals surface area contributed by atoms with Crippen LogP contribution >= 0.6 is 11.8 Å².